The van der Waals surface area contributed by atoms with Crippen molar-refractivity contribution < 1.29 is 14.6 Å². The number of benzene rings is 1. The van der Waals surface area contributed by atoms with Crippen molar-refractivity contribution in [3.05, 3.63) is 67.7 Å². The molecule has 3 N–H and O–H groups in total. The van der Waals surface area contributed by atoms with E-state index in [1.807, 2.05) is 25.2 Å². The number of nitrogens with two attached hydrogens (primary N) is 1. The van der Waals surface area contributed by atoms with Crippen LogP contribution in [0.1, 0.15) is 27.6 Å². The third-order valence-corrected chi connectivity index (χ3v) is 5.85. The molecular weight excluding hydrogens is 332 g/mol. The van der Waals surface area contributed by atoms with Crippen LogP contribution in [0.2, 0.25) is 0 Å². The maximum Gasteiger partial charge on any atom is 0.336 e. The van der Waals surface area contributed by atoms with Crippen LogP contribution in [-0.4, -0.2) is 20.6 Å². The summed E-state index contributed by atoms with van der Waals surface area (Å²) in [6.45, 7) is 5.81. The van der Waals surface area contributed by atoms with E-state index in [4.69, 9.17) is 4.42 Å². The molecule has 0 spiro atoms. The molecule has 0 fully saturated rings. The monoisotopic (exact) mass is 358 g/mol. The van der Waals surface area contributed by atoms with Crippen LogP contribution in [0.4, 0.5) is 0 Å². The lowest BCUT2D eigenvalue weighted by atomic mass is 10.0. The Morgan fingerprint density at radius 3 is 2.72 bits per heavy atom. The van der Waals surface area contributed by atoms with E-state index < -0.39 is 0 Å². The van der Waals surface area contributed by atoms with Crippen LogP contribution in [0.15, 0.2) is 44.9 Å². The quantitative estimate of drug-likeness (QED) is 0.655. The molecule has 132 valence electrons. The highest BCUT2D eigenvalue weighted by molar-refractivity contribution is 7.10. The molecule has 1 aromatic carbocycles. The minimum absolute atomic E-state index is 0.266. The van der Waals surface area contributed by atoms with Crippen LogP contribution in [0.25, 0.3) is 11.0 Å². The highest BCUT2D eigenvalue weighted by atomic mass is 32.1. The minimum atomic E-state index is -0.266. The normalized spacial score (nSPS) is 12.8. The summed E-state index contributed by atoms with van der Waals surface area (Å²) in [5, 5.41) is 5.47. The zero-order chi connectivity index (χ0) is 18.0. The van der Waals surface area contributed by atoms with Gasteiger partial charge in [0.2, 0.25) is 0 Å². The molecule has 25 heavy (non-hydrogen) atoms. The number of nitrogens with one attached hydrogen (secondary N) is 1. The highest BCUT2D eigenvalue weighted by Crippen LogP contribution is 2.22. The topological polar surface area (TPSA) is 51.3 Å². The molecule has 0 aliphatic carbocycles. The molecule has 0 saturated carbocycles. The second-order valence-corrected chi connectivity index (χ2v) is 7.83. The Bertz CT molecular complexity index is 913. The number of hydrogen-bond donors (Lipinski definition) is 2. The Morgan fingerprint density at radius 1 is 1.24 bits per heavy atom. The SMILES string of the molecule is Cc1ccc2c(C[NH2+]C[C@@H](c3cccs3)[NH+](C)C)cc(=O)oc2c1C. The highest BCUT2D eigenvalue weighted by Gasteiger charge is 2.21. The number of hydrogen-bond acceptors (Lipinski definition) is 3. The Hall–Kier alpha value is -1.95. The zero-order valence-corrected chi connectivity index (χ0v) is 16.1. The molecule has 0 radical (unpaired) electrons. The van der Waals surface area contributed by atoms with E-state index in [-0.39, 0.29) is 5.63 Å². The summed E-state index contributed by atoms with van der Waals surface area (Å²) in [5.74, 6) is 0. The maximum atomic E-state index is 12.0. The van der Waals surface area contributed by atoms with Gasteiger partial charge in [-0.05, 0) is 36.4 Å². The first-order chi connectivity index (χ1) is 12.0. The molecule has 2 aromatic heterocycles. The van der Waals surface area contributed by atoms with E-state index in [1.54, 1.807) is 6.07 Å². The molecular formula is C20H26N2O2S+2. The molecule has 0 bridgehead atoms. The summed E-state index contributed by atoms with van der Waals surface area (Å²) in [7, 11) is 4.38. The molecule has 5 heteroatoms. The Balaban J connectivity index is 1.81. The summed E-state index contributed by atoms with van der Waals surface area (Å²) >= 11 is 1.81. The first kappa shape index (κ1) is 17.9. The average molecular weight is 359 g/mol. The Labute approximate surface area is 152 Å². The van der Waals surface area contributed by atoms with Crippen molar-refractivity contribution in [2.24, 2.45) is 0 Å². The molecule has 4 nitrogen and oxygen atoms in total. The fraction of sp³-hybridized carbons (Fsp3) is 0.350. The van der Waals surface area contributed by atoms with Gasteiger partial charge in [0, 0.05) is 17.0 Å². The lowest BCUT2D eigenvalue weighted by molar-refractivity contribution is -0.910. The first-order valence-electron chi connectivity index (χ1n) is 8.65. The van der Waals surface area contributed by atoms with Crippen molar-refractivity contribution in [2.75, 3.05) is 20.6 Å². The van der Waals surface area contributed by atoms with Crippen LogP contribution in [0.3, 0.4) is 0 Å². The smallest absolute Gasteiger partial charge is 0.336 e. The average Bonchev–Trinajstić information content (AvgIpc) is 3.09. The van der Waals surface area contributed by atoms with Crippen molar-refractivity contribution in [3.8, 4) is 0 Å². The van der Waals surface area contributed by atoms with Crippen LogP contribution >= 0.6 is 11.3 Å². The van der Waals surface area contributed by atoms with Crippen molar-refractivity contribution in [1.29, 1.82) is 0 Å². The van der Waals surface area contributed by atoms with Gasteiger partial charge < -0.3 is 14.6 Å². The predicted molar refractivity (Wildman–Crippen MR) is 102 cm³/mol. The second-order valence-electron chi connectivity index (χ2n) is 6.85. The summed E-state index contributed by atoms with van der Waals surface area (Å²) in [6.07, 6.45) is 0. The number of fused-ring (bicyclic) bond motifs is 1. The van der Waals surface area contributed by atoms with Crippen LogP contribution in [0, 0.1) is 13.8 Å². The van der Waals surface area contributed by atoms with Crippen LogP contribution in [0.5, 0.6) is 0 Å². The summed E-state index contributed by atoms with van der Waals surface area (Å²) in [4.78, 5) is 14.8. The van der Waals surface area contributed by atoms with Gasteiger partial charge in [0.15, 0.2) is 6.04 Å². The third-order valence-electron chi connectivity index (χ3n) is 4.87. The Kier molecular flexibility index (Phi) is 5.37. The minimum Gasteiger partial charge on any atom is -0.422 e. The fourth-order valence-electron chi connectivity index (χ4n) is 3.22. The largest absolute Gasteiger partial charge is 0.422 e. The van der Waals surface area contributed by atoms with Crippen molar-refractivity contribution >= 4 is 22.3 Å². The van der Waals surface area contributed by atoms with Gasteiger partial charge in [-0.3, -0.25) is 0 Å². The predicted octanol–water partition coefficient (Wildman–Crippen LogP) is 1.42. The summed E-state index contributed by atoms with van der Waals surface area (Å²) in [5.41, 5.74) is 3.70. The van der Waals surface area contributed by atoms with Gasteiger partial charge in [-0.2, -0.15) is 0 Å². The standard InChI is InChI=1S/C20H24N2O2S/c1-13-7-8-16-15(10-19(23)24-20(16)14(13)2)11-21-12-17(22(3)4)18-6-5-9-25-18/h5-10,17,21H,11-12H2,1-4H3/p+2/t17-/m0/s1. The van der Waals surface area contributed by atoms with Crippen molar-refractivity contribution in [2.45, 2.75) is 26.4 Å². The van der Waals surface area contributed by atoms with Crippen molar-refractivity contribution in [1.82, 2.24) is 0 Å². The lowest BCUT2D eigenvalue weighted by Crippen LogP contribution is -3.09. The third kappa shape index (κ3) is 3.84. The number of aryl methyl sites for hydroxylation is 2. The van der Waals surface area contributed by atoms with E-state index in [2.05, 4.69) is 49.1 Å². The lowest BCUT2D eigenvalue weighted by Gasteiger charge is -2.19. The second kappa shape index (κ2) is 7.52. The number of likely N-dealkylation sites (N-methyl/N-ethyl adjacent to an activating group) is 1. The van der Waals surface area contributed by atoms with E-state index >= 15 is 0 Å². The molecule has 0 unspecified atom stereocenters. The number of quaternary nitrogens is 2. The molecule has 0 aliphatic heterocycles. The summed E-state index contributed by atoms with van der Waals surface area (Å²) in [6, 6.07) is 10.6. The van der Waals surface area contributed by atoms with Gasteiger partial charge >= 0.3 is 5.63 Å². The molecule has 3 aromatic rings. The molecule has 3 rings (SSSR count). The number of rotatable bonds is 6. The van der Waals surface area contributed by atoms with Gasteiger partial charge in [0.05, 0.1) is 19.0 Å². The zero-order valence-electron chi connectivity index (χ0n) is 15.3. The molecule has 1 atom stereocenters. The summed E-state index contributed by atoms with van der Waals surface area (Å²) < 4.78 is 5.47. The number of thiophene rings is 1. The fourth-order valence-corrected chi connectivity index (χ4v) is 4.19. The first-order valence-corrected chi connectivity index (χ1v) is 9.53. The maximum absolute atomic E-state index is 12.0. The van der Waals surface area contributed by atoms with Gasteiger partial charge in [0.25, 0.3) is 0 Å². The van der Waals surface area contributed by atoms with Crippen LogP contribution < -0.4 is 15.8 Å². The Morgan fingerprint density at radius 2 is 2.04 bits per heavy atom. The van der Waals surface area contributed by atoms with Gasteiger partial charge in [-0.1, -0.05) is 18.2 Å². The molecule has 0 aliphatic rings. The van der Waals surface area contributed by atoms with E-state index in [0.717, 1.165) is 40.7 Å². The molecule has 0 amide bonds. The van der Waals surface area contributed by atoms with E-state index in [0.29, 0.717) is 6.04 Å². The van der Waals surface area contributed by atoms with Crippen molar-refractivity contribution in [3.63, 3.8) is 0 Å². The van der Waals surface area contributed by atoms with Gasteiger partial charge in [0.1, 0.15) is 18.7 Å². The van der Waals surface area contributed by atoms with E-state index in [1.165, 1.54) is 9.78 Å². The van der Waals surface area contributed by atoms with E-state index in [9.17, 15) is 4.79 Å². The van der Waals surface area contributed by atoms with Gasteiger partial charge in [-0.15, -0.1) is 11.3 Å². The van der Waals surface area contributed by atoms with Crippen LogP contribution in [-0.2, 0) is 6.54 Å². The molecule has 2 heterocycles. The van der Waals surface area contributed by atoms with Gasteiger partial charge in [-0.25, -0.2) is 4.79 Å². The molecule has 0 saturated heterocycles.